The second-order valence-electron chi connectivity index (χ2n) is 7.31. The molecule has 0 saturated carbocycles. The van der Waals surface area contributed by atoms with Crippen molar-refractivity contribution in [1.29, 1.82) is 0 Å². The van der Waals surface area contributed by atoms with E-state index in [1.165, 1.54) is 0 Å². The van der Waals surface area contributed by atoms with Gasteiger partial charge in [0.05, 0.1) is 4.90 Å². The third-order valence-electron chi connectivity index (χ3n) is 4.91. The lowest BCUT2D eigenvalue weighted by atomic mass is 10.2. The molecule has 33 heavy (non-hydrogen) atoms. The van der Waals surface area contributed by atoms with Gasteiger partial charge in [0, 0.05) is 23.1 Å². The number of benzene rings is 3. The number of anilines is 2. The molecule has 4 rings (SSSR count). The van der Waals surface area contributed by atoms with E-state index in [0.29, 0.717) is 16.6 Å². The highest BCUT2D eigenvalue weighted by Gasteiger charge is 2.24. The van der Waals surface area contributed by atoms with Gasteiger partial charge in [0.2, 0.25) is 11.9 Å². The lowest BCUT2D eigenvalue weighted by Gasteiger charge is -2.10. The zero-order chi connectivity index (χ0) is 23.4. The van der Waals surface area contributed by atoms with E-state index in [1.807, 2.05) is 43.3 Å². The van der Waals surface area contributed by atoms with Crippen LogP contribution >= 0.6 is 23.2 Å². The molecule has 3 aromatic carbocycles. The van der Waals surface area contributed by atoms with E-state index in [4.69, 9.17) is 23.2 Å². The van der Waals surface area contributed by atoms with Gasteiger partial charge in [-0.3, -0.25) is 0 Å². The van der Waals surface area contributed by atoms with Gasteiger partial charge in [0.1, 0.15) is 0 Å². The molecule has 4 aromatic rings. The summed E-state index contributed by atoms with van der Waals surface area (Å²) in [6.45, 7) is 2.49. The Labute approximate surface area is 202 Å². The molecule has 0 aliphatic rings. The molecule has 0 radical (unpaired) electrons. The first-order valence-corrected chi connectivity index (χ1v) is 12.3. The molecule has 0 fully saturated rings. The number of nitrogens with zero attached hydrogens (tertiary/aromatic N) is 3. The van der Waals surface area contributed by atoms with Crippen LogP contribution in [0.1, 0.15) is 16.7 Å². The average Bonchev–Trinajstić information content (AvgIpc) is 3.22. The monoisotopic (exact) mass is 501 g/mol. The fraction of sp³-hybridized carbons (Fsp3) is 0.130. The molecule has 170 valence electrons. The molecule has 0 aliphatic heterocycles. The highest BCUT2D eigenvalue weighted by Crippen LogP contribution is 2.23. The molecule has 0 bridgehead atoms. The summed E-state index contributed by atoms with van der Waals surface area (Å²) in [6.07, 6.45) is 0. The molecule has 0 aliphatic carbocycles. The summed E-state index contributed by atoms with van der Waals surface area (Å²) in [6, 6.07) is 21.2. The topological polar surface area (TPSA) is 88.9 Å². The second kappa shape index (κ2) is 9.82. The minimum atomic E-state index is -3.99. The van der Waals surface area contributed by atoms with Crippen molar-refractivity contribution < 1.29 is 8.42 Å². The van der Waals surface area contributed by atoms with E-state index in [2.05, 4.69) is 20.7 Å². The summed E-state index contributed by atoms with van der Waals surface area (Å²) in [5, 5.41) is 11.5. The van der Waals surface area contributed by atoms with E-state index >= 15 is 0 Å². The molecule has 0 saturated heterocycles. The van der Waals surface area contributed by atoms with Gasteiger partial charge in [0.15, 0.2) is 0 Å². The molecule has 0 atom stereocenters. The van der Waals surface area contributed by atoms with Crippen molar-refractivity contribution in [3.8, 4) is 0 Å². The largest absolute Gasteiger partial charge is 0.349 e. The minimum absolute atomic E-state index is 0.0668. The van der Waals surface area contributed by atoms with Crippen LogP contribution in [0.3, 0.4) is 0 Å². The predicted molar refractivity (Wildman–Crippen MR) is 131 cm³/mol. The Morgan fingerprint density at radius 2 is 1.36 bits per heavy atom. The maximum absolute atomic E-state index is 13.3. The summed E-state index contributed by atoms with van der Waals surface area (Å²) in [5.41, 5.74) is 2.58. The molecule has 0 unspecified atom stereocenters. The van der Waals surface area contributed by atoms with Crippen molar-refractivity contribution in [1.82, 2.24) is 14.2 Å². The number of halogens is 2. The Kier molecular flexibility index (Phi) is 6.88. The van der Waals surface area contributed by atoms with Gasteiger partial charge in [-0.2, -0.15) is 13.4 Å². The summed E-state index contributed by atoms with van der Waals surface area (Å²) < 4.78 is 27.6. The molecule has 10 heteroatoms. The van der Waals surface area contributed by atoms with E-state index in [9.17, 15) is 8.42 Å². The zero-order valence-corrected chi connectivity index (χ0v) is 20.0. The van der Waals surface area contributed by atoms with Gasteiger partial charge in [0.25, 0.3) is 10.0 Å². The maximum Gasteiger partial charge on any atom is 0.286 e. The van der Waals surface area contributed by atoms with Crippen molar-refractivity contribution in [2.24, 2.45) is 0 Å². The third-order valence-corrected chi connectivity index (χ3v) is 7.23. The molecule has 1 aromatic heterocycles. The van der Waals surface area contributed by atoms with Gasteiger partial charge in [-0.25, -0.2) is 0 Å². The smallest absolute Gasteiger partial charge is 0.286 e. The molecule has 7 nitrogen and oxygen atoms in total. The van der Waals surface area contributed by atoms with Crippen LogP contribution < -0.4 is 10.6 Å². The molecule has 2 N–H and O–H groups in total. The van der Waals surface area contributed by atoms with Gasteiger partial charge < -0.3 is 10.6 Å². The van der Waals surface area contributed by atoms with E-state index < -0.39 is 10.0 Å². The van der Waals surface area contributed by atoms with E-state index in [0.717, 1.165) is 20.8 Å². The minimum Gasteiger partial charge on any atom is -0.349 e. The van der Waals surface area contributed by atoms with Gasteiger partial charge in [-0.05, 0) is 42.3 Å². The van der Waals surface area contributed by atoms with Gasteiger partial charge in [-0.15, -0.1) is 9.19 Å². The van der Waals surface area contributed by atoms with Gasteiger partial charge in [-0.1, -0.05) is 77.3 Å². The molecule has 0 spiro atoms. The van der Waals surface area contributed by atoms with Crippen LogP contribution in [0.2, 0.25) is 10.0 Å². The fourth-order valence-corrected chi connectivity index (χ4v) is 4.69. The average molecular weight is 502 g/mol. The van der Waals surface area contributed by atoms with Crippen LogP contribution in [0.5, 0.6) is 0 Å². The van der Waals surface area contributed by atoms with Crippen LogP contribution in [0, 0.1) is 6.92 Å². The SMILES string of the molecule is Cc1ccc(S(=O)(=O)n2nc(NCc3ccccc3Cl)nc2NCc2ccccc2Cl)cc1. The fourth-order valence-electron chi connectivity index (χ4n) is 3.09. The summed E-state index contributed by atoms with van der Waals surface area (Å²) in [4.78, 5) is 4.48. The van der Waals surface area contributed by atoms with E-state index in [1.54, 1.807) is 36.4 Å². The summed E-state index contributed by atoms with van der Waals surface area (Å²) in [5.74, 6) is 0.212. The Balaban J connectivity index is 1.66. The number of hydrogen-bond acceptors (Lipinski definition) is 6. The zero-order valence-electron chi connectivity index (χ0n) is 17.7. The first-order valence-electron chi connectivity index (χ1n) is 10.1. The van der Waals surface area contributed by atoms with E-state index in [-0.39, 0.29) is 23.3 Å². The Morgan fingerprint density at radius 1 is 0.818 bits per heavy atom. The number of hydrogen-bond donors (Lipinski definition) is 2. The highest BCUT2D eigenvalue weighted by molar-refractivity contribution is 7.90. The standard InChI is InChI=1S/C23H21Cl2N5O2S/c1-16-10-12-19(13-11-16)33(31,32)30-23(27-15-18-7-3-5-9-21(18)25)28-22(29-30)26-14-17-6-2-4-8-20(17)24/h2-13H,14-15H2,1H3,(H2,26,27,28,29). The van der Waals surface area contributed by atoms with Crippen molar-refractivity contribution in [3.05, 3.63) is 99.5 Å². The first-order chi connectivity index (χ1) is 15.8. The van der Waals surface area contributed by atoms with Crippen molar-refractivity contribution in [3.63, 3.8) is 0 Å². The third kappa shape index (κ3) is 5.30. The summed E-state index contributed by atoms with van der Waals surface area (Å²) in [7, 11) is -3.99. The Hall–Kier alpha value is -3.07. The van der Waals surface area contributed by atoms with Crippen molar-refractivity contribution >= 4 is 45.1 Å². The number of aryl methyl sites for hydroxylation is 1. The first kappa shape index (κ1) is 23.1. The lowest BCUT2D eigenvalue weighted by molar-refractivity contribution is 0.580. The maximum atomic E-state index is 13.3. The van der Waals surface area contributed by atoms with Crippen LogP contribution in [0.25, 0.3) is 0 Å². The highest BCUT2D eigenvalue weighted by atomic mass is 35.5. The predicted octanol–water partition coefficient (Wildman–Crippen LogP) is 5.35. The molecule has 0 amide bonds. The van der Waals surface area contributed by atoms with Crippen molar-refractivity contribution in [2.75, 3.05) is 10.6 Å². The normalized spacial score (nSPS) is 11.4. The van der Waals surface area contributed by atoms with Gasteiger partial charge >= 0.3 is 0 Å². The van der Waals surface area contributed by atoms with Crippen LogP contribution in [-0.4, -0.2) is 22.6 Å². The second-order valence-corrected chi connectivity index (χ2v) is 9.89. The molecular weight excluding hydrogens is 481 g/mol. The van der Waals surface area contributed by atoms with Crippen LogP contribution in [0.15, 0.2) is 77.7 Å². The lowest BCUT2D eigenvalue weighted by Crippen LogP contribution is -2.18. The number of nitrogens with one attached hydrogen (secondary N) is 2. The van der Waals surface area contributed by atoms with Crippen LogP contribution in [0.4, 0.5) is 11.9 Å². The molecule has 1 heterocycles. The summed E-state index contributed by atoms with van der Waals surface area (Å²) >= 11 is 12.5. The molecular formula is C23H21Cl2N5O2S. The quantitative estimate of drug-likeness (QED) is 0.338. The van der Waals surface area contributed by atoms with Crippen molar-refractivity contribution in [2.45, 2.75) is 24.9 Å². The van der Waals surface area contributed by atoms with Crippen LogP contribution in [-0.2, 0) is 23.1 Å². The Morgan fingerprint density at radius 3 is 1.94 bits per heavy atom. The Bertz CT molecular complexity index is 1370. The number of aromatic nitrogens is 3. The number of rotatable bonds is 8.